The fraction of sp³-hybridized carbons (Fsp3) is 0.842. The molecule has 0 aliphatic heterocycles. The molecule has 3 heteroatoms. The first-order valence-electron chi connectivity index (χ1n) is 8.96. The molecule has 2 N–H and O–H groups in total. The van der Waals surface area contributed by atoms with E-state index in [9.17, 15) is 15.0 Å². The lowest BCUT2D eigenvalue weighted by atomic mass is 9.48. The van der Waals surface area contributed by atoms with Crippen LogP contribution in [0.25, 0.3) is 0 Å². The van der Waals surface area contributed by atoms with Crippen LogP contribution in [-0.4, -0.2) is 28.2 Å². The molecule has 4 aliphatic carbocycles. The molecule has 22 heavy (non-hydrogen) atoms. The molecule has 0 bridgehead atoms. The minimum atomic E-state index is -0.736. The summed E-state index contributed by atoms with van der Waals surface area (Å²) in [4.78, 5) is 12.4. The van der Waals surface area contributed by atoms with E-state index in [2.05, 4.69) is 19.9 Å². The second kappa shape index (κ2) is 4.67. The minimum Gasteiger partial charge on any atom is -0.393 e. The molecule has 0 unspecified atom stereocenters. The number of allylic oxidation sites excluding steroid dienone is 1. The summed E-state index contributed by atoms with van der Waals surface area (Å²) in [6, 6.07) is 0. The van der Waals surface area contributed by atoms with Crippen molar-refractivity contribution in [3.63, 3.8) is 0 Å². The number of Topliss-reactive ketones (excluding diaryl/α,β-unsaturated/α-hetero) is 1. The van der Waals surface area contributed by atoms with Gasteiger partial charge in [0.25, 0.3) is 0 Å². The minimum absolute atomic E-state index is 0.0925. The normalized spacial score (nSPS) is 54.3. The molecule has 122 valence electrons. The molecule has 3 fully saturated rings. The van der Waals surface area contributed by atoms with E-state index < -0.39 is 6.10 Å². The summed E-state index contributed by atoms with van der Waals surface area (Å²) in [5.74, 6) is 1.59. The van der Waals surface area contributed by atoms with E-state index in [1.54, 1.807) is 0 Å². The lowest BCUT2D eigenvalue weighted by molar-refractivity contribution is -0.136. The number of rotatable bonds is 0. The third-order valence-corrected chi connectivity index (χ3v) is 7.81. The van der Waals surface area contributed by atoms with Crippen LogP contribution in [0.4, 0.5) is 0 Å². The Morgan fingerprint density at radius 1 is 1.09 bits per heavy atom. The number of carbonyl (C=O) groups is 1. The van der Waals surface area contributed by atoms with Crippen LogP contribution in [0.2, 0.25) is 0 Å². The van der Waals surface area contributed by atoms with Gasteiger partial charge in [-0.15, -0.1) is 0 Å². The fourth-order valence-electron chi connectivity index (χ4n) is 6.43. The zero-order valence-corrected chi connectivity index (χ0v) is 13.7. The third kappa shape index (κ3) is 1.78. The van der Waals surface area contributed by atoms with Crippen LogP contribution < -0.4 is 0 Å². The quantitative estimate of drug-likeness (QED) is 0.677. The van der Waals surface area contributed by atoms with Crippen molar-refractivity contribution in [1.29, 1.82) is 0 Å². The smallest absolute Gasteiger partial charge is 0.167 e. The Labute approximate surface area is 132 Å². The maximum atomic E-state index is 12.4. The average molecular weight is 304 g/mol. The van der Waals surface area contributed by atoms with Gasteiger partial charge in [0, 0.05) is 5.41 Å². The van der Waals surface area contributed by atoms with Crippen LogP contribution in [0.5, 0.6) is 0 Å². The van der Waals surface area contributed by atoms with E-state index in [-0.39, 0.29) is 22.7 Å². The van der Waals surface area contributed by atoms with Crippen molar-refractivity contribution < 1.29 is 15.0 Å². The molecular formula is C19H28O3. The highest BCUT2D eigenvalue weighted by Gasteiger charge is 2.60. The number of hydrogen-bond donors (Lipinski definition) is 2. The summed E-state index contributed by atoms with van der Waals surface area (Å²) >= 11 is 0. The van der Waals surface area contributed by atoms with Gasteiger partial charge in [-0.1, -0.05) is 25.5 Å². The van der Waals surface area contributed by atoms with Gasteiger partial charge in [0.15, 0.2) is 5.78 Å². The summed E-state index contributed by atoms with van der Waals surface area (Å²) in [6.45, 7) is 4.48. The first kappa shape index (κ1) is 14.9. The van der Waals surface area contributed by atoms with Crippen molar-refractivity contribution in [3.8, 4) is 0 Å². The Morgan fingerprint density at radius 2 is 1.82 bits per heavy atom. The third-order valence-electron chi connectivity index (χ3n) is 7.81. The zero-order chi connectivity index (χ0) is 15.7. The average Bonchev–Trinajstić information content (AvgIpc) is 2.72. The second-order valence-corrected chi connectivity index (χ2v) is 8.73. The van der Waals surface area contributed by atoms with Crippen molar-refractivity contribution in [1.82, 2.24) is 0 Å². The van der Waals surface area contributed by atoms with Gasteiger partial charge in [-0.25, -0.2) is 0 Å². The van der Waals surface area contributed by atoms with Crippen molar-refractivity contribution >= 4 is 5.78 Å². The van der Waals surface area contributed by atoms with Gasteiger partial charge in [-0.2, -0.15) is 0 Å². The van der Waals surface area contributed by atoms with Crippen molar-refractivity contribution in [2.24, 2.45) is 28.6 Å². The molecule has 4 rings (SSSR count). The highest BCUT2D eigenvalue weighted by atomic mass is 16.3. The van der Waals surface area contributed by atoms with Gasteiger partial charge in [0.05, 0.1) is 6.10 Å². The molecule has 0 saturated heterocycles. The zero-order valence-electron chi connectivity index (χ0n) is 13.7. The van der Waals surface area contributed by atoms with E-state index in [0.717, 1.165) is 38.5 Å². The van der Waals surface area contributed by atoms with Gasteiger partial charge in [-0.3, -0.25) is 4.79 Å². The van der Waals surface area contributed by atoms with Crippen LogP contribution in [-0.2, 0) is 4.79 Å². The molecular weight excluding hydrogens is 276 g/mol. The number of fused-ring (bicyclic) bond motifs is 5. The highest BCUT2D eigenvalue weighted by molar-refractivity contribution is 5.91. The summed E-state index contributed by atoms with van der Waals surface area (Å²) < 4.78 is 0. The lowest BCUT2D eigenvalue weighted by Crippen LogP contribution is -2.50. The monoisotopic (exact) mass is 304 g/mol. The van der Waals surface area contributed by atoms with Crippen LogP contribution in [0, 0.1) is 28.6 Å². The van der Waals surface area contributed by atoms with Gasteiger partial charge in [-0.05, 0) is 68.1 Å². The van der Waals surface area contributed by atoms with E-state index >= 15 is 0 Å². The Balaban J connectivity index is 1.70. The standard InChI is InChI=1S/C19H28O3/c1-18-7-5-12(20)9-11(18)3-4-13-14(18)6-8-19(2)15(13)10-16(21)17(19)22/h3,12-16,20-21H,4-10H2,1-2H3/t12-,13+,14-,15-,16-,18-,19+/m1/s1. The predicted octanol–water partition coefficient (Wildman–Crippen LogP) is 2.85. The largest absolute Gasteiger partial charge is 0.393 e. The number of aliphatic hydroxyl groups excluding tert-OH is 2. The van der Waals surface area contributed by atoms with Gasteiger partial charge < -0.3 is 10.2 Å². The Morgan fingerprint density at radius 3 is 2.59 bits per heavy atom. The second-order valence-electron chi connectivity index (χ2n) is 8.73. The molecule has 3 nitrogen and oxygen atoms in total. The number of carbonyl (C=O) groups excluding carboxylic acids is 1. The summed E-state index contributed by atoms with van der Waals surface area (Å²) in [7, 11) is 0. The summed E-state index contributed by atoms with van der Waals surface area (Å²) in [6.07, 6.45) is 8.00. The fourth-order valence-corrected chi connectivity index (χ4v) is 6.43. The van der Waals surface area contributed by atoms with Crippen molar-refractivity contribution in [3.05, 3.63) is 11.6 Å². The molecule has 3 saturated carbocycles. The van der Waals surface area contributed by atoms with E-state index in [1.807, 2.05) is 0 Å². The highest BCUT2D eigenvalue weighted by Crippen LogP contribution is 2.63. The van der Waals surface area contributed by atoms with Crippen molar-refractivity contribution in [2.45, 2.75) is 71.0 Å². The molecule has 0 heterocycles. The molecule has 0 aromatic carbocycles. The molecule has 4 aliphatic rings. The van der Waals surface area contributed by atoms with E-state index in [0.29, 0.717) is 24.2 Å². The molecule has 0 radical (unpaired) electrons. The lowest BCUT2D eigenvalue weighted by Gasteiger charge is -2.56. The number of hydrogen-bond acceptors (Lipinski definition) is 3. The van der Waals surface area contributed by atoms with Crippen molar-refractivity contribution in [2.75, 3.05) is 0 Å². The van der Waals surface area contributed by atoms with Crippen LogP contribution in [0.15, 0.2) is 11.6 Å². The van der Waals surface area contributed by atoms with Crippen LogP contribution in [0.1, 0.15) is 58.8 Å². The predicted molar refractivity (Wildman–Crippen MR) is 84.1 cm³/mol. The SMILES string of the molecule is C[C@]12CC[C@@H]3[C@H](CC=C4C[C@H](O)CC[C@]43C)[C@H]1C[C@@H](O)C2=O. The van der Waals surface area contributed by atoms with Crippen LogP contribution in [0.3, 0.4) is 0 Å². The topological polar surface area (TPSA) is 57.5 Å². The van der Waals surface area contributed by atoms with E-state index in [1.165, 1.54) is 5.57 Å². The molecule has 0 aromatic rings. The van der Waals surface area contributed by atoms with E-state index in [4.69, 9.17) is 0 Å². The molecule has 7 atom stereocenters. The molecule has 0 spiro atoms. The maximum absolute atomic E-state index is 12.4. The first-order valence-corrected chi connectivity index (χ1v) is 8.96. The number of aliphatic hydroxyl groups is 2. The number of ketones is 1. The molecule has 0 amide bonds. The summed E-state index contributed by atoms with van der Waals surface area (Å²) in [5.41, 5.74) is 1.37. The van der Waals surface area contributed by atoms with Crippen LogP contribution >= 0.6 is 0 Å². The van der Waals surface area contributed by atoms with Gasteiger partial charge in [0.1, 0.15) is 6.10 Å². The summed E-state index contributed by atoms with van der Waals surface area (Å²) in [5, 5.41) is 20.1. The van der Waals surface area contributed by atoms with Gasteiger partial charge in [0.2, 0.25) is 0 Å². The Hall–Kier alpha value is -0.670. The molecule has 0 aromatic heterocycles. The Kier molecular flexibility index (Phi) is 3.16. The Bertz CT molecular complexity index is 539. The maximum Gasteiger partial charge on any atom is 0.167 e. The first-order chi connectivity index (χ1) is 10.4. The van der Waals surface area contributed by atoms with Gasteiger partial charge >= 0.3 is 0 Å².